The Labute approximate surface area is 337 Å². The SMILES string of the molecule is CC(C)CC(N)C(=O)O.CCC(C)C(N)C(=O)O.NC(Cc1c[nH]c2ccccc12)C(=O)O.NC(Cc1ccc(O)cc1)C(=O)O.NC(Cc1ccccc1)C(=O)O. The van der Waals surface area contributed by atoms with E-state index in [-0.39, 0.29) is 18.1 Å². The number of nitrogens with two attached hydrogens (primary N) is 5. The van der Waals surface area contributed by atoms with Gasteiger partial charge in [0.2, 0.25) is 0 Å². The average molecular weight is 813 g/mol. The number of carboxylic acids is 5. The van der Waals surface area contributed by atoms with Crippen LogP contribution in [-0.2, 0) is 43.2 Å². The molecule has 6 atom stereocenters. The number of fused-ring (bicyclic) bond motifs is 1. The summed E-state index contributed by atoms with van der Waals surface area (Å²) in [5.41, 5.74) is 30.3. The zero-order chi connectivity index (χ0) is 44.5. The molecule has 0 spiro atoms. The predicted molar refractivity (Wildman–Crippen MR) is 221 cm³/mol. The Balaban J connectivity index is 0.000000712. The van der Waals surface area contributed by atoms with Crippen molar-refractivity contribution in [2.24, 2.45) is 40.5 Å². The Morgan fingerprint density at radius 1 is 0.569 bits per heavy atom. The Kier molecular flexibility index (Phi) is 24.9. The predicted octanol–water partition coefficient (Wildman–Crippen LogP) is 3.00. The second kappa shape index (κ2) is 27.7. The van der Waals surface area contributed by atoms with Gasteiger partial charge in [-0.15, -0.1) is 0 Å². The number of carboxylic acid groups (broad SMARTS) is 5. The molecule has 0 aliphatic carbocycles. The van der Waals surface area contributed by atoms with E-state index in [0.29, 0.717) is 25.2 Å². The lowest BCUT2D eigenvalue weighted by Gasteiger charge is -2.11. The smallest absolute Gasteiger partial charge is 0.320 e. The van der Waals surface area contributed by atoms with Gasteiger partial charge < -0.3 is 64.3 Å². The number of phenols is 1. The summed E-state index contributed by atoms with van der Waals surface area (Å²) in [4.78, 5) is 54.8. The van der Waals surface area contributed by atoms with Crippen molar-refractivity contribution >= 4 is 40.7 Å². The monoisotopic (exact) mass is 812 g/mol. The third kappa shape index (κ3) is 22.0. The fourth-order valence-electron chi connectivity index (χ4n) is 4.66. The molecule has 17 N–H and O–H groups in total. The van der Waals surface area contributed by atoms with Gasteiger partial charge in [-0.1, -0.05) is 94.8 Å². The van der Waals surface area contributed by atoms with Gasteiger partial charge in [-0.25, -0.2) is 0 Å². The molecule has 6 unspecified atom stereocenters. The molecule has 1 heterocycles. The van der Waals surface area contributed by atoms with Crippen molar-refractivity contribution < 1.29 is 54.6 Å². The third-order valence-corrected chi connectivity index (χ3v) is 8.34. The first-order valence-electron chi connectivity index (χ1n) is 18.4. The van der Waals surface area contributed by atoms with E-state index in [1.54, 1.807) is 12.1 Å². The lowest BCUT2D eigenvalue weighted by Crippen LogP contribution is -2.36. The summed E-state index contributed by atoms with van der Waals surface area (Å²) in [5.74, 6) is -4.19. The van der Waals surface area contributed by atoms with Crippen LogP contribution in [0.25, 0.3) is 10.9 Å². The van der Waals surface area contributed by atoms with Crippen LogP contribution in [0.15, 0.2) is 85.1 Å². The topological polar surface area (TPSA) is 353 Å². The minimum absolute atomic E-state index is 0.0718. The molecule has 3 aromatic carbocycles. The van der Waals surface area contributed by atoms with Crippen LogP contribution < -0.4 is 28.7 Å². The number of aromatic hydroxyl groups is 1. The highest BCUT2D eigenvalue weighted by molar-refractivity contribution is 5.84. The Hall–Kier alpha value is -5.85. The zero-order valence-electron chi connectivity index (χ0n) is 33.3. The maximum Gasteiger partial charge on any atom is 0.320 e. The van der Waals surface area contributed by atoms with Gasteiger partial charge in [0.25, 0.3) is 0 Å². The van der Waals surface area contributed by atoms with Gasteiger partial charge in [-0.05, 0) is 66.0 Å². The number of aliphatic carboxylic acids is 5. The standard InChI is InChI=1S/C11H12N2O2.C9H11NO3.C9H11NO2.2C6H13NO2/c12-9(11(14)15)5-7-6-13-10-4-2-1-3-8(7)10;10-8(9(12)13)5-6-1-3-7(11)4-2-6;10-8(9(11)12)6-7-4-2-1-3-5-7;1-4(2)3-5(7)6(8)9;1-3-4(2)5(7)6(8)9/h1-4,6,9,13H,5,12H2,(H,14,15);1-4,8,11H,5,10H2,(H,12,13);1-5,8H,6,10H2,(H,11,12);2*4-5H,3,7H2,1-2H3,(H,8,9). The van der Waals surface area contributed by atoms with Crippen molar-refractivity contribution in [3.63, 3.8) is 0 Å². The number of hydrogen-bond acceptors (Lipinski definition) is 11. The Morgan fingerprint density at radius 2 is 1.00 bits per heavy atom. The molecule has 0 aliphatic heterocycles. The summed E-state index contributed by atoms with van der Waals surface area (Å²) in [6.07, 6.45) is 4.18. The normalized spacial score (nSPS) is 13.4. The van der Waals surface area contributed by atoms with Gasteiger partial charge in [0, 0.05) is 23.5 Å². The second-order valence-electron chi connectivity index (χ2n) is 13.8. The summed E-state index contributed by atoms with van der Waals surface area (Å²) < 4.78 is 0. The molecule has 0 radical (unpaired) electrons. The van der Waals surface area contributed by atoms with Gasteiger partial charge in [0.1, 0.15) is 36.0 Å². The molecule has 17 nitrogen and oxygen atoms in total. The number of phenolic OH excluding ortho intramolecular Hbond substituents is 1. The van der Waals surface area contributed by atoms with Crippen LogP contribution in [0, 0.1) is 11.8 Å². The maximum atomic E-state index is 10.6. The van der Waals surface area contributed by atoms with Crippen molar-refractivity contribution in [3.8, 4) is 5.75 Å². The molecule has 58 heavy (non-hydrogen) atoms. The highest BCUT2D eigenvalue weighted by Crippen LogP contribution is 2.18. The molecule has 0 saturated carbocycles. The molecule has 0 aliphatic rings. The molecule has 0 saturated heterocycles. The van der Waals surface area contributed by atoms with E-state index >= 15 is 0 Å². The molecule has 17 heteroatoms. The van der Waals surface area contributed by atoms with E-state index in [1.165, 1.54) is 12.1 Å². The van der Waals surface area contributed by atoms with Gasteiger partial charge in [-0.3, -0.25) is 24.0 Å². The fraction of sp³-hybridized carbons (Fsp3) is 0.390. The van der Waals surface area contributed by atoms with Crippen molar-refractivity contribution in [3.05, 3.63) is 102 Å². The number of H-pyrrole nitrogens is 1. The lowest BCUT2D eigenvalue weighted by atomic mass is 10.0. The summed E-state index contributed by atoms with van der Waals surface area (Å²) in [7, 11) is 0. The van der Waals surface area contributed by atoms with Crippen LogP contribution in [0.3, 0.4) is 0 Å². The van der Waals surface area contributed by atoms with Gasteiger partial charge in [0.15, 0.2) is 0 Å². The number of hydrogen-bond donors (Lipinski definition) is 12. The van der Waals surface area contributed by atoms with Crippen molar-refractivity contribution in [1.29, 1.82) is 0 Å². The quantitative estimate of drug-likeness (QED) is 0.0820. The van der Waals surface area contributed by atoms with E-state index in [9.17, 15) is 24.0 Å². The molecule has 320 valence electrons. The zero-order valence-corrected chi connectivity index (χ0v) is 33.3. The third-order valence-electron chi connectivity index (χ3n) is 8.34. The first-order chi connectivity index (χ1) is 27.1. The largest absolute Gasteiger partial charge is 0.508 e. The summed E-state index contributed by atoms with van der Waals surface area (Å²) >= 11 is 0. The molecule has 0 amide bonds. The molecule has 0 bridgehead atoms. The second-order valence-corrected chi connectivity index (χ2v) is 13.8. The highest BCUT2D eigenvalue weighted by Gasteiger charge is 2.18. The number of rotatable bonds is 15. The van der Waals surface area contributed by atoms with Gasteiger partial charge in [-0.2, -0.15) is 0 Å². The number of nitrogens with one attached hydrogen (secondary N) is 1. The van der Waals surface area contributed by atoms with Crippen LogP contribution in [0.1, 0.15) is 57.2 Å². The van der Waals surface area contributed by atoms with Crippen LogP contribution in [0.4, 0.5) is 0 Å². The van der Waals surface area contributed by atoms with Crippen LogP contribution in [0.2, 0.25) is 0 Å². The van der Waals surface area contributed by atoms with E-state index in [1.807, 2.05) is 88.5 Å². The Morgan fingerprint density at radius 3 is 1.40 bits per heavy atom. The number of benzene rings is 3. The first-order valence-corrected chi connectivity index (χ1v) is 18.4. The van der Waals surface area contributed by atoms with Crippen LogP contribution >= 0.6 is 0 Å². The average Bonchev–Trinajstić information content (AvgIpc) is 3.58. The highest BCUT2D eigenvalue weighted by atomic mass is 16.4. The minimum Gasteiger partial charge on any atom is -0.508 e. The van der Waals surface area contributed by atoms with Gasteiger partial charge >= 0.3 is 29.8 Å². The minimum atomic E-state index is -1.02. The van der Waals surface area contributed by atoms with Crippen LogP contribution in [0.5, 0.6) is 5.75 Å². The summed E-state index contributed by atoms with van der Waals surface area (Å²) in [6, 6.07) is 19.5. The van der Waals surface area contributed by atoms with E-state index < -0.39 is 60.1 Å². The number of carbonyl (C=O) groups is 5. The first kappa shape index (κ1) is 52.2. The molecular weight excluding hydrogens is 752 g/mol. The number of aromatic nitrogens is 1. The maximum absolute atomic E-state index is 10.6. The Bertz CT molecular complexity index is 1820. The molecule has 4 aromatic rings. The van der Waals surface area contributed by atoms with E-state index in [4.69, 9.17) is 59.3 Å². The summed E-state index contributed by atoms with van der Waals surface area (Å²) in [6.45, 7) is 7.65. The van der Waals surface area contributed by atoms with Gasteiger partial charge in [0.05, 0.1) is 0 Å². The molecular formula is C41H60N6O11. The fourth-order valence-corrected chi connectivity index (χ4v) is 4.66. The number of para-hydroxylation sites is 1. The van der Waals surface area contributed by atoms with E-state index in [2.05, 4.69) is 4.98 Å². The number of aromatic amines is 1. The molecule has 0 fully saturated rings. The lowest BCUT2D eigenvalue weighted by molar-refractivity contribution is -0.140. The molecule has 4 rings (SSSR count). The summed E-state index contributed by atoms with van der Waals surface area (Å²) in [5, 5.41) is 52.4. The van der Waals surface area contributed by atoms with Crippen molar-refractivity contribution in [2.45, 2.75) is 90.0 Å². The van der Waals surface area contributed by atoms with Crippen molar-refractivity contribution in [2.75, 3.05) is 0 Å². The molecule has 1 aromatic heterocycles. The van der Waals surface area contributed by atoms with E-state index in [0.717, 1.165) is 34.0 Å². The van der Waals surface area contributed by atoms with Crippen molar-refractivity contribution in [1.82, 2.24) is 4.98 Å². The van der Waals surface area contributed by atoms with Crippen LogP contribution in [-0.4, -0.2) is 95.7 Å².